The van der Waals surface area contributed by atoms with Gasteiger partial charge in [-0.15, -0.1) is 26.3 Å². The Bertz CT molecular complexity index is 1340. The predicted octanol–water partition coefficient (Wildman–Crippen LogP) is 4.55. The molecule has 0 aromatic heterocycles. The highest BCUT2D eigenvalue weighted by atomic mass is 32.2. The second-order valence-corrected chi connectivity index (χ2v) is 13.0. The molecule has 0 heterocycles. The zero-order valence-electron chi connectivity index (χ0n) is 23.6. The molecule has 0 aliphatic carbocycles. The van der Waals surface area contributed by atoms with Gasteiger partial charge >= 0.3 is 0 Å². The highest BCUT2D eigenvalue weighted by Gasteiger charge is 2.23. The Morgan fingerprint density at radius 3 is 1.12 bits per heavy atom. The lowest BCUT2D eigenvalue weighted by atomic mass is 10.1. The molecule has 0 spiro atoms. The molecule has 0 saturated heterocycles. The van der Waals surface area contributed by atoms with Gasteiger partial charge in [-0.1, -0.05) is 24.3 Å². The summed E-state index contributed by atoms with van der Waals surface area (Å²) in [6.45, 7) is 14.9. The number of hydrogen-bond acceptors (Lipinski definition) is 6. The van der Waals surface area contributed by atoms with Gasteiger partial charge in [-0.25, -0.2) is 16.8 Å². The Balaban J connectivity index is 1.82. The Labute approximate surface area is 249 Å². The monoisotopic (exact) mass is 614 g/mol. The number of anilines is 2. The van der Waals surface area contributed by atoms with Crippen LogP contribution in [0.2, 0.25) is 0 Å². The number of nitrogens with one attached hydrogen (secondary N) is 2. The average Bonchev–Trinajstić information content (AvgIpc) is 2.95. The van der Waals surface area contributed by atoms with Crippen molar-refractivity contribution in [1.82, 2.24) is 8.61 Å². The lowest BCUT2D eigenvalue weighted by Crippen LogP contribution is -2.31. The molecule has 0 radical (unpaired) electrons. The van der Waals surface area contributed by atoms with Crippen molar-refractivity contribution >= 4 is 43.2 Å². The van der Waals surface area contributed by atoms with Gasteiger partial charge in [-0.2, -0.15) is 8.61 Å². The smallest absolute Gasteiger partial charge is 0.243 e. The van der Waals surface area contributed by atoms with E-state index in [1.165, 1.54) is 81.4 Å². The molecule has 10 nitrogen and oxygen atoms in total. The maximum atomic E-state index is 12.8. The van der Waals surface area contributed by atoms with Crippen molar-refractivity contribution in [2.24, 2.45) is 0 Å². The van der Waals surface area contributed by atoms with E-state index in [1.807, 2.05) is 0 Å². The molecule has 42 heavy (non-hydrogen) atoms. The van der Waals surface area contributed by atoms with Crippen LogP contribution in [0.15, 0.2) is 109 Å². The fourth-order valence-corrected chi connectivity index (χ4v) is 6.62. The predicted molar refractivity (Wildman–Crippen MR) is 167 cm³/mol. The van der Waals surface area contributed by atoms with Gasteiger partial charge in [0.2, 0.25) is 31.9 Å². The Morgan fingerprint density at radius 2 is 0.857 bits per heavy atom. The molecule has 0 fully saturated rings. The van der Waals surface area contributed by atoms with E-state index in [0.717, 1.165) is 0 Å². The molecular formula is C30H38N4O6S2. The van der Waals surface area contributed by atoms with Gasteiger partial charge in [0.1, 0.15) is 0 Å². The average molecular weight is 615 g/mol. The van der Waals surface area contributed by atoms with Crippen molar-refractivity contribution in [2.45, 2.75) is 35.5 Å². The van der Waals surface area contributed by atoms with Crippen molar-refractivity contribution < 1.29 is 26.4 Å². The van der Waals surface area contributed by atoms with E-state index in [-0.39, 0.29) is 60.6 Å². The van der Waals surface area contributed by atoms with Crippen LogP contribution in [-0.2, 0) is 29.6 Å². The van der Waals surface area contributed by atoms with Crippen LogP contribution in [-0.4, -0.2) is 63.4 Å². The molecule has 2 amide bonds. The first-order valence-corrected chi connectivity index (χ1v) is 16.1. The number of carbonyl (C=O) groups is 2. The minimum atomic E-state index is -3.73. The maximum absolute atomic E-state index is 12.8. The van der Waals surface area contributed by atoms with Crippen LogP contribution >= 0.6 is 0 Å². The lowest BCUT2D eigenvalue weighted by Gasteiger charge is -2.19. The molecule has 226 valence electrons. The van der Waals surface area contributed by atoms with Gasteiger partial charge in [-0.3, -0.25) is 9.59 Å². The minimum absolute atomic E-state index is 0.0915. The van der Waals surface area contributed by atoms with E-state index in [0.29, 0.717) is 24.2 Å². The van der Waals surface area contributed by atoms with Gasteiger partial charge in [0.15, 0.2) is 0 Å². The zero-order chi connectivity index (χ0) is 31.2. The van der Waals surface area contributed by atoms with Crippen molar-refractivity contribution in [2.75, 3.05) is 36.8 Å². The van der Waals surface area contributed by atoms with Gasteiger partial charge in [0, 0.05) is 50.4 Å². The Morgan fingerprint density at radius 1 is 0.571 bits per heavy atom. The number of benzene rings is 2. The molecule has 0 unspecified atom stereocenters. The van der Waals surface area contributed by atoms with Crippen molar-refractivity contribution in [3.05, 3.63) is 99.2 Å². The van der Waals surface area contributed by atoms with Gasteiger partial charge < -0.3 is 10.6 Å². The van der Waals surface area contributed by atoms with E-state index in [9.17, 15) is 26.4 Å². The number of nitrogens with zero attached hydrogens (tertiary/aromatic N) is 2. The van der Waals surface area contributed by atoms with Gasteiger partial charge in [-0.05, 0) is 61.4 Å². The molecule has 0 atom stereocenters. The van der Waals surface area contributed by atoms with Crippen LogP contribution < -0.4 is 10.6 Å². The summed E-state index contributed by atoms with van der Waals surface area (Å²) >= 11 is 0. The van der Waals surface area contributed by atoms with E-state index >= 15 is 0 Å². The van der Waals surface area contributed by atoms with Crippen molar-refractivity contribution in [3.8, 4) is 0 Å². The third kappa shape index (κ3) is 9.91. The van der Waals surface area contributed by atoms with Crippen molar-refractivity contribution in [3.63, 3.8) is 0 Å². The van der Waals surface area contributed by atoms with Gasteiger partial charge in [0.25, 0.3) is 0 Å². The Hall–Kier alpha value is -3.84. The third-order valence-electron chi connectivity index (χ3n) is 5.94. The SMILES string of the molecule is C=CCN(CC=C)S(=O)(=O)c1ccc(NC(=O)CCCCC(=O)Nc2ccc(S(=O)(=O)N(CC=C)CC=C)cc2)cc1. The summed E-state index contributed by atoms with van der Waals surface area (Å²) in [5.74, 6) is -0.519. The zero-order valence-corrected chi connectivity index (χ0v) is 25.2. The summed E-state index contributed by atoms with van der Waals surface area (Å²) in [7, 11) is -7.46. The molecule has 12 heteroatoms. The second-order valence-electron chi connectivity index (χ2n) is 9.15. The fraction of sp³-hybridized carbons (Fsp3) is 0.267. The number of amides is 2. The molecule has 2 aromatic carbocycles. The summed E-state index contributed by atoms with van der Waals surface area (Å²) < 4.78 is 53.6. The highest BCUT2D eigenvalue weighted by Crippen LogP contribution is 2.20. The minimum Gasteiger partial charge on any atom is -0.326 e. The molecule has 2 rings (SSSR count). The standard InChI is InChI=1S/C30H38N4O6S2/c1-5-21-33(22-6-2)41(37,38)27-17-13-25(14-18-27)31-29(35)11-9-10-12-30(36)32-26-15-19-28(20-16-26)42(39,40)34(23-7-3)24-8-4/h5-8,13-20H,1-4,9-12,21-24H2,(H,31,35)(H,32,36). The number of carbonyl (C=O) groups excluding carboxylic acids is 2. The van der Waals surface area contributed by atoms with Crippen LogP contribution in [0.5, 0.6) is 0 Å². The topological polar surface area (TPSA) is 133 Å². The first-order valence-electron chi connectivity index (χ1n) is 13.2. The summed E-state index contributed by atoms with van der Waals surface area (Å²) in [6, 6.07) is 11.8. The Kier molecular flexibility index (Phi) is 13.6. The van der Waals surface area contributed by atoms with Crippen molar-refractivity contribution in [1.29, 1.82) is 0 Å². The molecule has 0 saturated carbocycles. The lowest BCUT2D eigenvalue weighted by molar-refractivity contribution is -0.118. The third-order valence-corrected chi connectivity index (χ3v) is 9.63. The number of rotatable bonds is 19. The molecule has 0 bridgehead atoms. The van der Waals surface area contributed by atoms with E-state index in [2.05, 4.69) is 36.9 Å². The number of sulfonamides is 2. The largest absolute Gasteiger partial charge is 0.326 e. The molecule has 0 aliphatic heterocycles. The summed E-state index contributed by atoms with van der Waals surface area (Å²) in [4.78, 5) is 24.8. The summed E-state index contributed by atoms with van der Waals surface area (Å²) in [6.07, 6.45) is 7.27. The van der Waals surface area contributed by atoms with Crippen LogP contribution in [0.4, 0.5) is 11.4 Å². The first-order chi connectivity index (χ1) is 20.0. The molecule has 2 N–H and O–H groups in total. The highest BCUT2D eigenvalue weighted by molar-refractivity contribution is 7.89. The summed E-state index contributed by atoms with van der Waals surface area (Å²) in [5.41, 5.74) is 0.913. The quantitative estimate of drug-likeness (QED) is 0.176. The van der Waals surface area contributed by atoms with Crippen LogP contribution in [0.25, 0.3) is 0 Å². The van der Waals surface area contributed by atoms with E-state index in [1.54, 1.807) is 0 Å². The maximum Gasteiger partial charge on any atom is 0.243 e. The first kappa shape index (κ1) is 34.4. The number of hydrogen-bond donors (Lipinski definition) is 2. The van der Waals surface area contributed by atoms with Gasteiger partial charge in [0.05, 0.1) is 9.79 Å². The molecule has 0 aliphatic rings. The number of unbranched alkanes of at least 4 members (excludes halogenated alkanes) is 1. The fourth-order valence-electron chi connectivity index (χ4n) is 3.85. The van der Waals surface area contributed by atoms with Crippen LogP contribution in [0.3, 0.4) is 0 Å². The summed E-state index contributed by atoms with van der Waals surface area (Å²) in [5, 5.41) is 5.45. The normalized spacial score (nSPS) is 11.6. The molecule has 2 aromatic rings. The van der Waals surface area contributed by atoms with Crippen LogP contribution in [0.1, 0.15) is 25.7 Å². The molecular weight excluding hydrogens is 576 g/mol. The van der Waals surface area contributed by atoms with E-state index < -0.39 is 20.0 Å². The van der Waals surface area contributed by atoms with Crippen LogP contribution in [0, 0.1) is 0 Å². The van der Waals surface area contributed by atoms with E-state index in [4.69, 9.17) is 0 Å². The second kappa shape index (κ2) is 16.6.